The molecule has 0 bridgehead atoms. The number of nitrogens with one attached hydrogen (secondary N) is 1. The Balaban J connectivity index is 1.59. The first-order valence-corrected chi connectivity index (χ1v) is 12.3. The van der Waals surface area contributed by atoms with Gasteiger partial charge in [0.25, 0.3) is 5.91 Å². The SMILES string of the molecule is NC(=O)c1ccc(-n2c3ccccc3c3c(-c4cnc5ccccc5c4)cccc32)cc1NCCCO. The fourth-order valence-electron chi connectivity index (χ4n) is 5.09. The molecule has 0 spiro atoms. The molecule has 182 valence electrons. The molecule has 0 aliphatic carbocycles. The Hall–Kier alpha value is -4.68. The average Bonchev–Trinajstić information content (AvgIpc) is 3.27. The number of fused-ring (bicyclic) bond motifs is 4. The van der Waals surface area contributed by atoms with Gasteiger partial charge in [-0.15, -0.1) is 0 Å². The van der Waals surface area contributed by atoms with Gasteiger partial charge in [0.05, 0.1) is 22.1 Å². The third kappa shape index (κ3) is 3.97. The first kappa shape index (κ1) is 22.8. The molecule has 0 aliphatic heterocycles. The van der Waals surface area contributed by atoms with E-state index in [1.54, 1.807) is 6.07 Å². The highest BCUT2D eigenvalue weighted by Crippen LogP contribution is 2.39. The van der Waals surface area contributed by atoms with Crippen molar-refractivity contribution in [1.29, 1.82) is 0 Å². The van der Waals surface area contributed by atoms with Gasteiger partial charge in [-0.3, -0.25) is 9.78 Å². The minimum Gasteiger partial charge on any atom is -0.396 e. The van der Waals surface area contributed by atoms with Gasteiger partial charge in [-0.25, -0.2) is 0 Å². The molecule has 37 heavy (non-hydrogen) atoms. The Bertz CT molecular complexity index is 1790. The van der Waals surface area contributed by atoms with Crippen molar-refractivity contribution in [2.75, 3.05) is 18.5 Å². The molecule has 6 nitrogen and oxygen atoms in total. The number of benzene rings is 4. The van der Waals surface area contributed by atoms with Crippen LogP contribution in [0, 0.1) is 0 Å². The van der Waals surface area contributed by atoms with Gasteiger partial charge in [0.15, 0.2) is 0 Å². The maximum absolute atomic E-state index is 12.1. The Morgan fingerprint density at radius 2 is 1.73 bits per heavy atom. The summed E-state index contributed by atoms with van der Waals surface area (Å²) in [5.74, 6) is -0.494. The summed E-state index contributed by atoms with van der Waals surface area (Å²) >= 11 is 0. The van der Waals surface area contributed by atoms with Crippen molar-refractivity contribution in [3.05, 3.63) is 103 Å². The number of rotatable bonds is 7. The highest BCUT2D eigenvalue weighted by molar-refractivity contribution is 6.16. The number of carbonyl (C=O) groups excluding carboxylic acids is 1. The standard InChI is InChI=1S/C31H26N4O2/c32-31(37)24-14-13-22(18-27(24)33-15-6-16-36)35-28-11-4-2-8-25(28)30-23(9-5-12-29(30)35)21-17-20-7-1-3-10-26(20)34-19-21/h1-5,7-14,17-19,33,36H,6,15-16H2,(H2,32,37). The number of hydrogen-bond donors (Lipinski definition) is 3. The molecule has 2 heterocycles. The van der Waals surface area contributed by atoms with Crippen LogP contribution in [-0.4, -0.2) is 33.7 Å². The van der Waals surface area contributed by atoms with Crippen molar-refractivity contribution in [2.45, 2.75) is 6.42 Å². The van der Waals surface area contributed by atoms with Crippen LogP contribution in [0.25, 0.3) is 49.5 Å². The molecule has 0 unspecified atom stereocenters. The van der Waals surface area contributed by atoms with E-state index in [9.17, 15) is 9.90 Å². The molecule has 0 saturated carbocycles. The molecule has 4 N–H and O–H groups in total. The number of aliphatic hydroxyl groups excluding tert-OH is 1. The van der Waals surface area contributed by atoms with Gasteiger partial charge in [0.2, 0.25) is 0 Å². The average molecular weight is 487 g/mol. The summed E-state index contributed by atoms with van der Waals surface area (Å²) in [7, 11) is 0. The minimum atomic E-state index is -0.494. The predicted octanol–water partition coefficient (Wildman–Crippen LogP) is 5.89. The smallest absolute Gasteiger partial charge is 0.250 e. The molecular weight excluding hydrogens is 460 g/mol. The van der Waals surface area contributed by atoms with Crippen molar-refractivity contribution < 1.29 is 9.90 Å². The van der Waals surface area contributed by atoms with Crippen molar-refractivity contribution >= 4 is 44.3 Å². The maximum Gasteiger partial charge on any atom is 0.250 e. The predicted molar refractivity (Wildman–Crippen MR) is 150 cm³/mol. The lowest BCUT2D eigenvalue weighted by Crippen LogP contribution is -2.15. The van der Waals surface area contributed by atoms with Gasteiger partial charge in [-0.2, -0.15) is 0 Å². The lowest BCUT2D eigenvalue weighted by Gasteiger charge is -2.14. The monoisotopic (exact) mass is 486 g/mol. The largest absolute Gasteiger partial charge is 0.396 e. The normalized spacial score (nSPS) is 11.4. The van der Waals surface area contributed by atoms with E-state index < -0.39 is 5.91 Å². The summed E-state index contributed by atoms with van der Waals surface area (Å²) < 4.78 is 2.21. The van der Waals surface area contributed by atoms with Crippen molar-refractivity contribution in [3.63, 3.8) is 0 Å². The molecule has 6 aromatic rings. The van der Waals surface area contributed by atoms with Gasteiger partial charge in [0, 0.05) is 52.4 Å². The molecule has 0 radical (unpaired) electrons. The second-order valence-corrected chi connectivity index (χ2v) is 9.07. The quantitative estimate of drug-likeness (QED) is 0.245. The van der Waals surface area contributed by atoms with Crippen LogP contribution in [0.1, 0.15) is 16.8 Å². The Morgan fingerprint density at radius 1 is 0.919 bits per heavy atom. The molecule has 0 atom stereocenters. The molecule has 0 saturated heterocycles. The summed E-state index contributed by atoms with van der Waals surface area (Å²) in [6.45, 7) is 0.602. The first-order chi connectivity index (χ1) is 18.2. The number of aromatic nitrogens is 2. The summed E-state index contributed by atoms with van der Waals surface area (Å²) in [6, 6.07) is 30.6. The molecule has 4 aromatic carbocycles. The van der Waals surface area contributed by atoms with Gasteiger partial charge >= 0.3 is 0 Å². The molecule has 1 amide bonds. The number of nitrogens with zero attached hydrogens (tertiary/aromatic N) is 2. The number of pyridine rings is 1. The number of nitrogens with two attached hydrogens (primary N) is 1. The second-order valence-electron chi connectivity index (χ2n) is 9.07. The zero-order valence-corrected chi connectivity index (χ0v) is 20.2. The van der Waals surface area contributed by atoms with E-state index in [0.29, 0.717) is 24.2 Å². The molecule has 0 fully saturated rings. The van der Waals surface area contributed by atoms with Crippen LogP contribution in [0.2, 0.25) is 0 Å². The van der Waals surface area contributed by atoms with E-state index in [4.69, 9.17) is 10.7 Å². The maximum atomic E-state index is 12.1. The van der Waals surface area contributed by atoms with Crippen LogP contribution < -0.4 is 11.1 Å². The molecule has 6 rings (SSSR count). The third-order valence-corrected chi connectivity index (χ3v) is 6.78. The molecule has 0 aliphatic rings. The topological polar surface area (TPSA) is 93.2 Å². The van der Waals surface area contributed by atoms with Gasteiger partial charge in [-0.05, 0) is 54.4 Å². The van der Waals surface area contributed by atoms with Crippen LogP contribution in [0.4, 0.5) is 5.69 Å². The number of para-hydroxylation sites is 2. The number of primary amides is 1. The second kappa shape index (κ2) is 9.41. The van der Waals surface area contributed by atoms with Crippen LogP contribution in [0.5, 0.6) is 0 Å². The number of anilines is 1. The lowest BCUT2D eigenvalue weighted by molar-refractivity contribution is 0.100. The summed E-state index contributed by atoms with van der Waals surface area (Å²) in [4.78, 5) is 16.8. The van der Waals surface area contributed by atoms with E-state index in [0.717, 1.165) is 49.5 Å². The molecule has 2 aromatic heterocycles. The van der Waals surface area contributed by atoms with E-state index >= 15 is 0 Å². The zero-order chi connectivity index (χ0) is 25.4. The number of aliphatic hydroxyl groups is 1. The van der Waals surface area contributed by atoms with E-state index in [1.165, 1.54) is 0 Å². The molecular formula is C31H26N4O2. The minimum absolute atomic E-state index is 0.0673. The van der Waals surface area contributed by atoms with E-state index in [2.05, 4.69) is 58.4 Å². The van der Waals surface area contributed by atoms with E-state index in [1.807, 2.05) is 42.6 Å². The number of amides is 1. The van der Waals surface area contributed by atoms with Gasteiger partial charge < -0.3 is 20.7 Å². The third-order valence-electron chi connectivity index (χ3n) is 6.78. The van der Waals surface area contributed by atoms with Gasteiger partial charge in [0.1, 0.15) is 0 Å². The zero-order valence-electron chi connectivity index (χ0n) is 20.2. The lowest BCUT2D eigenvalue weighted by atomic mass is 9.99. The molecule has 6 heteroatoms. The Morgan fingerprint density at radius 3 is 2.59 bits per heavy atom. The summed E-state index contributed by atoms with van der Waals surface area (Å²) in [5, 5.41) is 15.8. The Kier molecular flexibility index (Phi) is 5.79. The Labute approximate surface area is 214 Å². The number of hydrogen-bond acceptors (Lipinski definition) is 4. The highest BCUT2D eigenvalue weighted by atomic mass is 16.3. The first-order valence-electron chi connectivity index (χ1n) is 12.3. The van der Waals surface area contributed by atoms with Crippen molar-refractivity contribution in [2.24, 2.45) is 5.73 Å². The fourth-order valence-corrected chi connectivity index (χ4v) is 5.09. The highest BCUT2D eigenvalue weighted by Gasteiger charge is 2.18. The van der Waals surface area contributed by atoms with E-state index in [-0.39, 0.29) is 6.61 Å². The summed E-state index contributed by atoms with van der Waals surface area (Å²) in [6.07, 6.45) is 2.51. The van der Waals surface area contributed by atoms with Crippen LogP contribution in [0.15, 0.2) is 97.2 Å². The van der Waals surface area contributed by atoms with Crippen molar-refractivity contribution in [3.8, 4) is 16.8 Å². The van der Waals surface area contributed by atoms with Crippen LogP contribution >= 0.6 is 0 Å². The fraction of sp³-hybridized carbons (Fsp3) is 0.0968. The number of carbonyl (C=O) groups is 1. The van der Waals surface area contributed by atoms with Gasteiger partial charge in [-0.1, -0.05) is 48.5 Å². The van der Waals surface area contributed by atoms with Crippen LogP contribution in [0.3, 0.4) is 0 Å². The van der Waals surface area contributed by atoms with Crippen LogP contribution in [-0.2, 0) is 0 Å². The summed E-state index contributed by atoms with van der Waals surface area (Å²) in [5.41, 5.74) is 12.9. The van der Waals surface area contributed by atoms with Crippen molar-refractivity contribution in [1.82, 2.24) is 9.55 Å².